The van der Waals surface area contributed by atoms with E-state index in [1.807, 2.05) is 0 Å². The minimum absolute atomic E-state index is 0.0779. The number of nitrogens with zero attached hydrogens (tertiary/aromatic N) is 1. The van der Waals surface area contributed by atoms with Crippen molar-refractivity contribution in [1.82, 2.24) is 4.90 Å². The Morgan fingerprint density at radius 2 is 1.68 bits per heavy atom. The summed E-state index contributed by atoms with van der Waals surface area (Å²) in [5, 5.41) is 0. The maximum atomic E-state index is 12.4. The van der Waals surface area contributed by atoms with E-state index >= 15 is 0 Å². The molecule has 122 valence electrons. The summed E-state index contributed by atoms with van der Waals surface area (Å²) in [4.78, 5) is 25.4. The van der Waals surface area contributed by atoms with Crippen LogP contribution >= 0.6 is 0 Å². The Balaban J connectivity index is 1.48. The first kappa shape index (κ1) is 14.5. The van der Waals surface area contributed by atoms with Crippen molar-refractivity contribution in [2.45, 2.75) is 64.4 Å². The van der Waals surface area contributed by atoms with Crippen LogP contribution in [0.4, 0.5) is 4.79 Å². The fraction of sp³-hybridized carbons (Fsp3) is 0.889. The summed E-state index contributed by atoms with van der Waals surface area (Å²) in [5.74, 6) is 3.67. The quantitative estimate of drug-likeness (QED) is 0.783. The zero-order valence-electron chi connectivity index (χ0n) is 13.7. The van der Waals surface area contributed by atoms with Gasteiger partial charge in [0, 0.05) is 18.9 Å². The maximum Gasteiger partial charge on any atom is 0.417 e. The highest BCUT2D eigenvalue weighted by Crippen LogP contribution is 2.59. The molecule has 0 radical (unpaired) electrons. The van der Waals surface area contributed by atoms with E-state index in [2.05, 4.69) is 13.8 Å². The summed E-state index contributed by atoms with van der Waals surface area (Å²) >= 11 is 0. The van der Waals surface area contributed by atoms with Crippen molar-refractivity contribution < 1.29 is 14.3 Å². The molecular formula is C18H27NO3. The lowest BCUT2D eigenvalue weighted by atomic mass is 9.49. The van der Waals surface area contributed by atoms with Gasteiger partial charge in [0.1, 0.15) is 5.60 Å². The largest absolute Gasteiger partial charge is 0.443 e. The molecule has 0 aromatic heterocycles. The Morgan fingerprint density at radius 3 is 2.18 bits per heavy atom. The van der Waals surface area contributed by atoms with Crippen LogP contribution in [0.1, 0.15) is 58.8 Å². The predicted molar refractivity (Wildman–Crippen MR) is 82.0 cm³/mol. The number of carbonyl (C=O) groups excluding carboxylic acids is 2. The number of hydrogen-bond acceptors (Lipinski definition) is 3. The highest BCUT2D eigenvalue weighted by atomic mass is 16.6. The number of rotatable bonds is 2. The minimum atomic E-state index is -0.456. The lowest BCUT2D eigenvalue weighted by molar-refractivity contribution is -0.139. The van der Waals surface area contributed by atoms with E-state index in [0.29, 0.717) is 30.7 Å². The van der Waals surface area contributed by atoms with E-state index in [-0.39, 0.29) is 5.91 Å². The molecule has 4 heteroatoms. The molecule has 22 heavy (non-hydrogen) atoms. The highest BCUT2D eigenvalue weighted by molar-refractivity contribution is 5.93. The zero-order valence-corrected chi connectivity index (χ0v) is 13.7. The van der Waals surface area contributed by atoms with Crippen molar-refractivity contribution in [3.05, 3.63) is 0 Å². The van der Waals surface area contributed by atoms with Gasteiger partial charge in [-0.2, -0.15) is 0 Å². The van der Waals surface area contributed by atoms with Gasteiger partial charge >= 0.3 is 6.09 Å². The van der Waals surface area contributed by atoms with Crippen molar-refractivity contribution in [3.63, 3.8) is 0 Å². The van der Waals surface area contributed by atoms with Crippen LogP contribution in [-0.2, 0) is 9.53 Å². The van der Waals surface area contributed by atoms with Gasteiger partial charge in [0.05, 0.1) is 0 Å². The maximum absolute atomic E-state index is 12.4. The van der Waals surface area contributed by atoms with Crippen LogP contribution in [0.15, 0.2) is 0 Å². The van der Waals surface area contributed by atoms with E-state index in [9.17, 15) is 9.59 Å². The molecule has 1 saturated heterocycles. The molecule has 4 aliphatic carbocycles. The van der Waals surface area contributed by atoms with Gasteiger partial charge in [-0.05, 0) is 76.0 Å². The number of amides is 2. The molecule has 0 spiro atoms. The highest BCUT2D eigenvalue weighted by Gasteiger charge is 2.54. The molecule has 4 nitrogen and oxygen atoms in total. The van der Waals surface area contributed by atoms with Gasteiger partial charge in [0.25, 0.3) is 0 Å². The molecule has 5 aliphatic rings. The third-order valence-corrected chi connectivity index (χ3v) is 6.67. The smallest absolute Gasteiger partial charge is 0.417 e. The monoisotopic (exact) mass is 305 g/mol. The Labute approximate surface area is 132 Å². The van der Waals surface area contributed by atoms with Crippen LogP contribution < -0.4 is 0 Å². The molecule has 4 saturated carbocycles. The SMILES string of the molecule is CC(C)(OC(=O)N1CCCC1=O)C1C2CC3CC(C2)CC1C3. The summed E-state index contributed by atoms with van der Waals surface area (Å²) in [6.07, 6.45) is 7.55. The summed E-state index contributed by atoms with van der Waals surface area (Å²) < 4.78 is 5.88. The summed E-state index contributed by atoms with van der Waals surface area (Å²) in [7, 11) is 0. The Hall–Kier alpha value is -1.06. The molecule has 2 amide bonds. The summed E-state index contributed by atoms with van der Waals surface area (Å²) in [6, 6.07) is 0. The van der Waals surface area contributed by atoms with Crippen LogP contribution in [0.3, 0.4) is 0 Å². The Kier molecular flexibility index (Phi) is 3.28. The van der Waals surface area contributed by atoms with Crippen molar-refractivity contribution >= 4 is 12.0 Å². The number of ether oxygens (including phenoxy) is 1. The summed E-state index contributed by atoms with van der Waals surface area (Å²) in [5.41, 5.74) is -0.456. The molecule has 0 unspecified atom stereocenters. The van der Waals surface area contributed by atoms with Gasteiger partial charge in [0.15, 0.2) is 0 Å². The molecule has 5 fully saturated rings. The lowest BCUT2D eigenvalue weighted by Crippen LogP contribution is -2.55. The van der Waals surface area contributed by atoms with E-state index in [1.54, 1.807) is 0 Å². The second-order valence-corrected chi connectivity index (χ2v) is 8.58. The lowest BCUT2D eigenvalue weighted by Gasteiger charge is -2.58. The number of hydrogen-bond donors (Lipinski definition) is 0. The normalized spacial score (nSPS) is 40.4. The third kappa shape index (κ3) is 2.26. The standard InChI is InChI=1S/C18H27NO3/c1-18(2,22-17(21)19-5-3-4-15(19)20)16-13-7-11-6-12(9-13)10-14(16)8-11/h11-14,16H,3-10H2,1-2H3. The van der Waals surface area contributed by atoms with Crippen molar-refractivity contribution in [1.29, 1.82) is 0 Å². The van der Waals surface area contributed by atoms with Crippen molar-refractivity contribution in [2.75, 3.05) is 6.54 Å². The average Bonchev–Trinajstić information content (AvgIpc) is 2.82. The molecule has 0 N–H and O–H groups in total. The molecule has 0 aromatic carbocycles. The molecule has 0 atom stereocenters. The average molecular weight is 305 g/mol. The first-order valence-electron chi connectivity index (χ1n) is 8.97. The van der Waals surface area contributed by atoms with Gasteiger partial charge in [-0.15, -0.1) is 0 Å². The van der Waals surface area contributed by atoms with Gasteiger partial charge in [-0.1, -0.05) is 0 Å². The molecule has 1 aliphatic heterocycles. The van der Waals surface area contributed by atoms with Gasteiger partial charge in [-0.25, -0.2) is 9.69 Å². The second kappa shape index (κ2) is 4.97. The number of imide groups is 1. The van der Waals surface area contributed by atoms with Gasteiger partial charge in [-0.3, -0.25) is 4.79 Å². The van der Waals surface area contributed by atoms with Crippen LogP contribution in [0.5, 0.6) is 0 Å². The third-order valence-electron chi connectivity index (χ3n) is 6.67. The Morgan fingerprint density at radius 1 is 1.09 bits per heavy atom. The number of likely N-dealkylation sites (tertiary alicyclic amines) is 1. The predicted octanol–water partition coefficient (Wildman–Crippen LogP) is 3.60. The van der Waals surface area contributed by atoms with E-state index in [4.69, 9.17) is 4.74 Å². The molecule has 1 heterocycles. The summed E-state index contributed by atoms with van der Waals surface area (Å²) in [6.45, 7) is 4.66. The second-order valence-electron chi connectivity index (χ2n) is 8.58. The van der Waals surface area contributed by atoms with Crippen LogP contribution in [0.2, 0.25) is 0 Å². The first-order valence-corrected chi connectivity index (χ1v) is 8.97. The van der Waals surface area contributed by atoms with Crippen molar-refractivity contribution in [2.24, 2.45) is 29.6 Å². The minimum Gasteiger partial charge on any atom is -0.443 e. The van der Waals surface area contributed by atoms with Crippen LogP contribution in [0, 0.1) is 29.6 Å². The van der Waals surface area contributed by atoms with Gasteiger partial charge < -0.3 is 4.74 Å². The van der Waals surface area contributed by atoms with E-state index in [0.717, 1.165) is 18.3 Å². The Bertz CT molecular complexity index is 471. The molecule has 5 rings (SSSR count). The molecule has 0 aromatic rings. The molecule has 4 bridgehead atoms. The topological polar surface area (TPSA) is 46.6 Å². The van der Waals surface area contributed by atoms with Gasteiger partial charge in [0.2, 0.25) is 5.91 Å². The fourth-order valence-corrected chi connectivity index (χ4v) is 6.25. The van der Waals surface area contributed by atoms with Crippen LogP contribution in [-0.4, -0.2) is 29.0 Å². The number of carbonyl (C=O) groups is 2. The molecular weight excluding hydrogens is 278 g/mol. The van der Waals surface area contributed by atoms with Crippen molar-refractivity contribution in [3.8, 4) is 0 Å². The van der Waals surface area contributed by atoms with E-state index in [1.165, 1.54) is 37.0 Å². The van der Waals surface area contributed by atoms with Crippen LogP contribution in [0.25, 0.3) is 0 Å². The zero-order chi connectivity index (χ0) is 15.5. The van der Waals surface area contributed by atoms with E-state index < -0.39 is 11.7 Å². The first-order chi connectivity index (χ1) is 10.4. The fourth-order valence-electron chi connectivity index (χ4n) is 6.25.